The lowest BCUT2D eigenvalue weighted by atomic mass is 9.94. The molecule has 0 aliphatic carbocycles. The molecule has 0 aromatic heterocycles. The largest absolute Gasteiger partial charge is 0.497 e. The van der Waals surface area contributed by atoms with Crippen LogP contribution in [0.15, 0.2) is 54.6 Å². The number of rotatable bonds is 12. The van der Waals surface area contributed by atoms with Crippen molar-refractivity contribution in [3.8, 4) is 5.75 Å². The lowest BCUT2D eigenvalue weighted by Gasteiger charge is -2.24. The van der Waals surface area contributed by atoms with Gasteiger partial charge in [-0.3, -0.25) is 19.2 Å². The Kier molecular flexibility index (Phi) is 8.59. The number of ether oxygens (including phenoxy) is 2. The summed E-state index contributed by atoms with van der Waals surface area (Å²) in [6, 6.07) is 14.7. The molecule has 0 spiro atoms. The average Bonchev–Trinajstić information content (AvgIpc) is 3.61. The van der Waals surface area contributed by atoms with Crippen LogP contribution in [0.3, 0.4) is 0 Å². The third-order valence-electron chi connectivity index (χ3n) is 5.76. The van der Waals surface area contributed by atoms with Crippen LogP contribution in [0.4, 0.5) is 0 Å². The molecular formula is C26H31N3O6. The van der Waals surface area contributed by atoms with Crippen LogP contribution in [0.1, 0.15) is 25.0 Å². The summed E-state index contributed by atoms with van der Waals surface area (Å²) in [6.45, 7) is 3.04. The van der Waals surface area contributed by atoms with Crippen molar-refractivity contribution >= 4 is 23.5 Å². The highest BCUT2D eigenvalue weighted by Gasteiger charge is 2.50. The van der Waals surface area contributed by atoms with Crippen LogP contribution >= 0.6 is 0 Å². The monoisotopic (exact) mass is 481 g/mol. The summed E-state index contributed by atoms with van der Waals surface area (Å²) in [5.74, 6) is -0.937. The highest BCUT2D eigenvalue weighted by molar-refractivity contribution is 5.98. The quantitative estimate of drug-likeness (QED) is 0.388. The molecule has 0 bridgehead atoms. The number of benzene rings is 2. The predicted molar refractivity (Wildman–Crippen MR) is 129 cm³/mol. The first-order valence-electron chi connectivity index (χ1n) is 11.4. The van der Waals surface area contributed by atoms with Gasteiger partial charge in [-0.15, -0.1) is 0 Å². The summed E-state index contributed by atoms with van der Waals surface area (Å²) in [5, 5.41) is 7.92. The maximum atomic E-state index is 13.4. The maximum Gasteiger partial charge on any atom is 0.243 e. The van der Waals surface area contributed by atoms with E-state index in [4.69, 9.17) is 9.47 Å². The standard InChI is InChI=1S/C26H31N3O6/c1-17(30)27-15-23(31)28-22(14-19-9-11-20(34-3)12-10-19)25(33)29-21(24(32)26(2)16-35-26)13-18-7-5-4-6-8-18/h4-12,21-22H,13-16H2,1-3H3,(H,27,30)(H,28,31)(H,29,33). The van der Waals surface area contributed by atoms with E-state index in [1.54, 1.807) is 38.3 Å². The highest BCUT2D eigenvalue weighted by atomic mass is 16.6. The molecule has 0 radical (unpaired) electrons. The molecule has 2 aromatic carbocycles. The summed E-state index contributed by atoms with van der Waals surface area (Å²) < 4.78 is 10.5. The first kappa shape index (κ1) is 25.9. The SMILES string of the molecule is COc1ccc(CC(NC(=O)CNC(C)=O)C(=O)NC(Cc2ccccc2)C(=O)C2(C)CO2)cc1. The van der Waals surface area contributed by atoms with Gasteiger partial charge in [0, 0.05) is 13.3 Å². The fourth-order valence-electron chi connectivity index (χ4n) is 3.61. The number of carbonyl (C=O) groups is 4. The Morgan fingerprint density at radius 1 is 0.943 bits per heavy atom. The van der Waals surface area contributed by atoms with Gasteiger partial charge < -0.3 is 25.4 Å². The topological polar surface area (TPSA) is 126 Å². The van der Waals surface area contributed by atoms with Crippen molar-refractivity contribution in [2.24, 2.45) is 0 Å². The molecule has 2 aromatic rings. The van der Waals surface area contributed by atoms with Crippen molar-refractivity contribution in [1.29, 1.82) is 0 Å². The van der Waals surface area contributed by atoms with Crippen LogP contribution in [-0.4, -0.2) is 61.5 Å². The first-order valence-corrected chi connectivity index (χ1v) is 11.4. The molecule has 35 heavy (non-hydrogen) atoms. The van der Waals surface area contributed by atoms with E-state index in [0.29, 0.717) is 18.8 Å². The first-order chi connectivity index (χ1) is 16.7. The number of methoxy groups -OCH3 is 1. The predicted octanol–water partition coefficient (Wildman–Crippen LogP) is 0.944. The zero-order valence-corrected chi connectivity index (χ0v) is 20.1. The Labute approximate surface area is 204 Å². The molecule has 3 amide bonds. The molecule has 1 aliphatic heterocycles. The van der Waals surface area contributed by atoms with Gasteiger partial charge in [0.2, 0.25) is 17.7 Å². The normalized spacial score (nSPS) is 18.0. The van der Waals surface area contributed by atoms with Gasteiger partial charge in [0.25, 0.3) is 0 Å². The van der Waals surface area contributed by atoms with E-state index in [0.717, 1.165) is 11.1 Å². The third-order valence-corrected chi connectivity index (χ3v) is 5.76. The van der Waals surface area contributed by atoms with Gasteiger partial charge in [-0.2, -0.15) is 0 Å². The fourth-order valence-corrected chi connectivity index (χ4v) is 3.61. The van der Waals surface area contributed by atoms with E-state index in [2.05, 4.69) is 16.0 Å². The van der Waals surface area contributed by atoms with Crippen molar-refractivity contribution in [3.05, 3.63) is 65.7 Å². The molecule has 9 nitrogen and oxygen atoms in total. The Balaban J connectivity index is 1.78. The van der Waals surface area contributed by atoms with Gasteiger partial charge in [-0.25, -0.2) is 0 Å². The van der Waals surface area contributed by atoms with E-state index in [-0.39, 0.29) is 24.7 Å². The van der Waals surface area contributed by atoms with Gasteiger partial charge in [0.1, 0.15) is 17.4 Å². The van der Waals surface area contributed by atoms with Gasteiger partial charge >= 0.3 is 0 Å². The van der Waals surface area contributed by atoms with Crippen LogP contribution in [0.25, 0.3) is 0 Å². The average molecular weight is 482 g/mol. The van der Waals surface area contributed by atoms with Crippen LogP contribution in [0.5, 0.6) is 5.75 Å². The number of Topliss-reactive ketones (excluding diaryl/α,β-unsaturated/α-hetero) is 1. The van der Waals surface area contributed by atoms with E-state index in [1.807, 2.05) is 30.3 Å². The fraction of sp³-hybridized carbons (Fsp3) is 0.385. The summed E-state index contributed by atoms with van der Waals surface area (Å²) in [7, 11) is 1.56. The molecule has 3 atom stereocenters. The van der Waals surface area contributed by atoms with Crippen LogP contribution in [0.2, 0.25) is 0 Å². The van der Waals surface area contributed by atoms with Crippen molar-refractivity contribution in [2.75, 3.05) is 20.3 Å². The molecule has 9 heteroatoms. The number of carbonyl (C=O) groups excluding carboxylic acids is 4. The molecule has 3 N–H and O–H groups in total. The number of hydrogen-bond acceptors (Lipinski definition) is 6. The minimum Gasteiger partial charge on any atom is -0.497 e. The Hall–Kier alpha value is -3.72. The summed E-state index contributed by atoms with van der Waals surface area (Å²) >= 11 is 0. The molecule has 1 heterocycles. The lowest BCUT2D eigenvalue weighted by molar-refractivity contribution is -0.133. The second kappa shape index (κ2) is 11.6. The summed E-state index contributed by atoms with van der Waals surface area (Å²) in [4.78, 5) is 50.1. The minimum absolute atomic E-state index is 0.182. The number of epoxide rings is 1. The van der Waals surface area contributed by atoms with E-state index in [9.17, 15) is 19.2 Å². The van der Waals surface area contributed by atoms with Gasteiger partial charge in [-0.1, -0.05) is 42.5 Å². The second-order valence-electron chi connectivity index (χ2n) is 8.72. The number of hydrogen-bond donors (Lipinski definition) is 3. The van der Waals surface area contributed by atoms with Crippen molar-refractivity contribution in [2.45, 2.75) is 44.4 Å². The zero-order chi connectivity index (χ0) is 25.4. The van der Waals surface area contributed by atoms with Crippen LogP contribution in [-0.2, 0) is 36.8 Å². The number of amides is 3. The van der Waals surface area contributed by atoms with E-state index >= 15 is 0 Å². The molecule has 3 rings (SSSR count). The Morgan fingerprint density at radius 2 is 1.54 bits per heavy atom. The molecule has 1 saturated heterocycles. The second-order valence-corrected chi connectivity index (χ2v) is 8.72. The lowest BCUT2D eigenvalue weighted by Crippen LogP contribution is -2.55. The third kappa shape index (κ3) is 7.65. The molecule has 1 aliphatic rings. The van der Waals surface area contributed by atoms with Crippen molar-refractivity contribution in [3.63, 3.8) is 0 Å². The molecule has 1 fully saturated rings. The number of nitrogens with one attached hydrogen (secondary N) is 3. The smallest absolute Gasteiger partial charge is 0.243 e. The summed E-state index contributed by atoms with van der Waals surface area (Å²) in [5.41, 5.74) is 0.748. The molecule has 0 saturated carbocycles. The zero-order valence-electron chi connectivity index (χ0n) is 20.1. The van der Waals surface area contributed by atoms with E-state index in [1.165, 1.54) is 6.92 Å². The Morgan fingerprint density at radius 3 is 2.11 bits per heavy atom. The van der Waals surface area contributed by atoms with Crippen molar-refractivity contribution < 1.29 is 28.7 Å². The highest BCUT2D eigenvalue weighted by Crippen LogP contribution is 2.29. The van der Waals surface area contributed by atoms with Gasteiger partial charge in [0.15, 0.2) is 5.78 Å². The van der Waals surface area contributed by atoms with Crippen LogP contribution < -0.4 is 20.7 Å². The van der Waals surface area contributed by atoms with E-state index < -0.39 is 29.5 Å². The molecule has 3 unspecified atom stereocenters. The van der Waals surface area contributed by atoms with Gasteiger partial charge in [0.05, 0.1) is 26.3 Å². The molecule has 186 valence electrons. The minimum atomic E-state index is -0.969. The van der Waals surface area contributed by atoms with Gasteiger partial charge in [-0.05, 0) is 36.6 Å². The Bertz CT molecular complexity index is 1050. The van der Waals surface area contributed by atoms with Crippen LogP contribution in [0, 0.1) is 0 Å². The molecular weight excluding hydrogens is 450 g/mol. The maximum absolute atomic E-state index is 13.4. The van der Waals surface area contributed by atoms with Crippen molar-refractivity contribution in [1.82, 2.24) is 16.0 Å². The number of ketones is 1. The summed E-state index contributed by atoms with van der Waals surface area (Å²) in [6.07, 6.45) is 0.473.